The van der Waals surface area contributed by atoms with Crippen LogP contribution in [0.5, 0.6) is 0 Å². The molecule has 4 nitrogen and oxygen atoms in total. The van der Waals surface area contributed by atoms with Gasteiger partial charge in [-0.25, -0.2) is 0 Å². The molecule has 0 spiro atoms. The number of aliphatic imine (C=N–C) groups is 1. The number of hydrogen-bond acceptors (Lipinski definition) is 3. The molecule has 1 amide bonds. The predicted molar refractivity (Wildman–Crippen MR) is 134 cm³/mol. The minimum absolute atomic E-state index is 0.0110. The highest BCUT2D eigenvalue weighted by molar-refractivity contribution is 14.1. The van der Waals surface area contributed by atoms with Gasteiger partial charge in [-0.05, 0) is 83.0 Å². The van der Waals surface area contributed by atoms with Crippen LogP contribution in [0.3, 0.4) is 0 Å². The molecule has 0 aliphatic heterocycles. The maximum atomic E-state index is 13.1. The molecule has 174 valence electrons. The van der Waals surface area contributed by atoms with E-state index in [1.165, 1.54) is 12.1 Å². The van der Waals surface area contributed by atoms with Crippen molar-refractivity contribution in [2.45, 2.75) is 24.9 Å². The van der Waals surface area contributed by atoms with E-state index in [0.717, 1.165) is 21.3 Å². The first-order valence-electron chi connectivity index (χ1n) is 10.5. The van der Waals surface area contributed by atoms with E-state index in [2.05, 4.69) is 32.9 Å². The number of halogens is 4. The van der Waals surface area contributed by atoms with Crippen molar-refractivity contribution in [3.8, 4) is 0 Å². The normalized spacial score (nSPS) is 17.6. The summed E-state index contributed by atoms with van der Waals surface area (Å²) in [5, 5.41) is 13.4. The number of amides is 1. The van der Waals surface area contributed by atoms with E-state index < -0.39 is 17.6 Å². The molecule has 0 saturated carbocycles. The fraction of sp³-hybridized carbons (Fsp3) is 0.154. The standard InChI is InChI=1S/C26H20F3IN2O2/c27-26(28,29)18-7-4-8-21(15-18)32-25(34)24-22(31-20-11-9-19(30)10-12-20)13-17(14-23(24)33)16-5-2-1-3-6-16/h1-12,15,17,33H,13-14H2,(H,32,34). The number of nitrogens with one attached hydrogen (secondary N) is 1. The van der Waals surface area contributed by atoms with Crippen molar-refractivity contribution in [2.24, 2.45) is 4.99 Å². The van der Waals surface area contributed by atoms with Crippen LogP contribution in [-0.4, -0.2) is 16.7 Å². The summed E-state index contributed by atoms with van der Waals surface area (Å²) >= 11 is 2.17. The summed E-state index contributed by atoms with van der Waals surface area (Å²) in [4.78, 5) is 17.8. The molecule has 1 aliphatic rings. The number of rotatable bonds is 4. The molecular formula is C26H20F3IN2O2. The van der Waals surface area contributed by atoms with E-state index in [1.54, 1.807) is 12.1 Å². The molecular weight excluding hydrogens is 556 g/mol. The van der Waals surface area contributed by atoms with Crippen LogP contribution in [0.2, 0.25) is 0 Å². The lowest BCUT2D eigenvalue weighted by molar-refractivity contribution is -0.137. The van der Waals surface area contributed by atoms with E-state index in [9.17, 15) is 23.1 Å². The molecule has 1 unspecified atom stereocenters. The predicted octanol–water partition coefficient (Wildman–Crippen LogP) is 7.41. The number of allylic oxidation sites excluding steroid dienone is 1. The third-order valence-corrected chi connectivity index (χ3v) is 6.21. The van der Waals surface area contributed by atoms with Crippen LogP contribution in [0.1, 0.15) is 29.9 Å². The van der Waals surface area contributed by atoms with Gasteiger partial charge >= 0.3 is 6.18 Å². The number of aliphatic hydroxyl groups excluding tert-OH is 1. The molecule has 0 heterocycles. The molecule has 0 bridgehead atoms. The summed E-state index contributed by atoms with van der Waals surface area (Å²) in [6, 6.07) is 21.4. The monoisotopic (exact) mass is 576 g/mol. The minimum Gasteiger partial charge on any atom is -0.511 e. The molecule has 3 aromatic carbocycles. The van der Waals surface area contributed by atoms with Crippen molar-refractivity contribution in [2.75, 3.05) is 5.32 Å². The average molecular weight is 576 g/mol. The van der Waals surface area contributed by atoms with Gasteiger partial charge in [-0.2, -0.15) is 13.2 Å². The first kappa shape index (κ1) is 24.0. The Kier molecular flexibility index (Phi) is 7.06. The fourth-order valence-corrected chi connectivity index (χ4v) is 4.23. The number of aliphatic hydroxyl groups is 1. The Hall–Kier alpha value is -3.14. The van der Waals surface area contributed by atoms with Crippen LogP contribution in [0.25, 0.3) is 0 Å². The zero-order chi connectivity index (χ0) is 24.3. The third kappa shape index (κ3) is 5.67. The van der Waals surface area contributed by atoms with Crippen molar-refractivity contribution in [1.29, 1.82) is 0 Å². The lowest BCUT2D eigenvalue weighted by Gasteiger charge is -2.26. The van der Waals surface area contributed by atoms with Gasteiger partial charge in [0, 0.05) is 15.7 Å². The third-order valence-electron chi connectivity index (χ3n) is 5.49. The molecule has 3 aromatic rings. The number of nitrogens with zero attached hydrogens (tertiary/aromatic N) is 1. The highest BCUT2D eigenvalue weighted by atomic mass is 127. The Morgan fingerprint density at radius 2 is 1.68 bits per heavy atom. The molecule has 0 aromatic heterocycles. The van der Waals surface area contributed by atoms with E-state index in [1.807, 2.05) is 42.5 Å². The van der Waals surface area contributed by atoms with Crippen LogP contribution in [0.4, 0.5) is 24.5 Å². The Bertz CT molecular complexity index is 1250. The van der Waals surface area contributed by atoms with Crippen LogP contribution in [0.15, 0.2) is 95.2 Å². The number of carbonyl (C=O) groups is 1. The SMILES string of the molecule is O=C(Nc1cccc(C(F)(F)F)c1)C1=C(O)CC(c2ccccc2)CC1=Nc1ccc(I)cc1. The van der Waals surface area contributed by atoms with Crippen molar-refractivity contribution >= 4 is 45.6 Å². The summed E-state index contributed by atoms with van der Waals surface area (Å²) < 4.78 is 40.3. The van der Waals surface area contributed by atoms with Crippen molar-refractivity contribution in [3.63, 3.8) is 0 Å². The van der Waals surface area contributed by atoms with Gasteiger partial charge in [0.25, 0.3) is 5.91 Å². The smallest absolute Gasteiger partial charge is 0.416 e. The molecule has 1 atom stereocenters. The van der Waals surface area contributed by atoms with Crippen LogP contribution >= 0.6 is 22.6 Å². The second-order valence-electron chi connectivity index (χ2n) is 7.91. The number of alkyl halides is 3. The van der Waals surface area contributed by atoms with Crippen LogP contribution < -0.4 is 5.32 Å². The fourth-order valence-electron chi connectivity index (χ4n) is 3.87. The van der Waals surface area contributed by atoms with Crippen molar-refractivity contribution < 1.29 is 23.1 Å². The lowest BCUT2D eigenvalue weighted by Crippen LogP contribution is -2.28. The van der Waals surface area contributed by atoms with Gasteiger partial charge in [0.15, 0.2) is 0 Å². The number of hydrogen-bond donors (Lipinski definition) is 2. The van der Waals surface area contributed by atoms with Gasteiger partial charge in [-0.3, -0.25) is 9.79 Å². The minimum atomic E-state index is -4.53. The summed E-state index contributed by atoms with van der Waals surface area (Å²) in [5.74, 6) is -0.935. The zero-order valence-corrected chi connectivity index (χ0v) is 20.0. The maximum Gasteiger partial charge on any atom is 0.416 e. The molecule has 34 heavy (non-hydrogen) atoms. The summed E-state index contributed by atoms with van der Waals surface area (Å²) in [6.07, 6.45) is -3.92. The Morgan fingerprint density at radius 3 is 2.35 bits per heavy atom. The summed E-state index contributed by atoms with van der Waals surface area (Å²) in [5.41, 5.74) is 1.09. The molecule has 0 saturated heterocycles. The summed E-state index contributed by atoms with van der Waals surface area (Å²) in [7, 11) is 0. The molecule has 2 N–H and O–H groups in total. The molecule has 0 radical (unpaired) electrons. The highest BCUT2D eigenvalue weighted by Crippen LogP contribution is 2.36. The first-order chi connectivity index (χ1) is 16.2. The Morgan fingerprint density at radius 1 is 0.971 bits per heavy atom. The number of benzene rings is 3. The van der Waals surface area contributed by atoms with Gasteiger partial charge in [-0.1, -0.05) is 36.4 Å². The van der Waals surface area contributed by atoms with Crippen LogP contribution in [-0.2, 0) is 11.0 Å². The number of anilines is 1. The van der Waals surface area contributed by atoms with E-state index in [0.29, 0.717) is 17.8 Å². The Labute approximate surface area is 208 Å². The van der Waals surface area contributed by atoms with Crippen molar-refractivity contribution in [3.05, 3.63) is 105 Å². The van der Waals surface area contributed by atoms with Crippen molar-refractivity contribution in [1.82, 2.24) is 0 Å². The quantitative estimate of drug-likeness (QED) is 0.318. The van der Waals surface area contributed by atoms with Gasteiger partial charge < -0.3 is 10.4 Å². The molecule has 1 aliphatic carbocycles. The van der Waals surface area contributed by atoms with E-state index in [-0.39, 0.29) is 29.4 Å². The van der Waals surface area contributed by atoms with Gasteiger partial charge in [0.05, 0.1) is 22.5 Å². The topological polar surface area (TPSA) is 61.7 Å². The zero-order valence-electron chi connectivity index (χ0n) is 17.8. The lowest BCUT2D eigenvalue weighted by atomic mass is 9.81. The first-order valence-corrected chi connectivity index (χ1v) is 11.6. The van der Waals surface area contributed by atoms with Crippen LogP contribution in [0, 0.1) is 3.57 Å². The second-order valence-corrected chi connectivity index (χ2v) is 9.15. The van der Waals surface area contributed by atoms with Gasteiger partial charge in [-0.15, -0.1) is 0 Å². The molecule has 8 heteroatoms. The second kappa shape index (κ2) is 10.0. The van der Waals surface area contributed by atoms with E-state index >= 15 is 0 Å². The maximum absolute atomic E-state index is 13.1. The largest absolute Gasteiger partial charge is 0.511 e. The van der Waals surface area contributed by atoms with Gasteiger partial charge in [0.1, 0.15) is 5.76 Å². The number of carbonyl (C=O) groups excluding carboxylic acids is 1. The Balaban J connectivity index is 1.70. The van der Waals surface area contributed by atoms with Gasteiger partial charge in [0.2, 0.25) is 0 Å². The molecule has 0 fully saturated rings. The highest BCUT2D eigenvalue weighted by Gasteiger charge is 2.33. The summed E-state index contributed by atoms with van der Waals surface area (Å²) in [6.45, 7) is 0. The van der Waals surface area contributed by atoms with E-state index in [4.69, 9.17) is 0 Å². The average Bonchev–Trinajstić information content (AvgIpc) is 2.80. The molecule has 4 rings (SSSR count).